The zero-order chi connectivity index (χ0) is 13.4. The summed E-state index contributed by atoms with van der Waals surface area (Å²) in [6, 6.07) is 2.33. The van der Waals surface area contributed by atoms with Gasteiger partial charge in [-0.05, 0) is 26.0 Å². The third kappa shape index (κ3) is 2.04. The topological polar surface area (TPSA) is 37.4 Å². The summed E-state index contributed by atoms with van der Waals surface area (Å²) in [7, 11) is 0. The van der Waals surface area contributed by atoms with Crippen molar-refractivity contribution in [2.24, 2.45) is 0 Å². The fourth-order valence-corrected chi connectivity index (χ4v) is 1.91. The van der Waals surface area contributed by atoms with Gasteiger partial charge in [-0.2, -0.15) is 0 Å². The Bertz CT molecular complexity index is 577. The van der Waals surface area contributed by atoms with Crippen LogP contribution in [0.5, 0.6) is 0 Å². The average molecular weight is 268 g/mol. The Morgan fingerprint density at radius 2 is 2.06 bits per heavy atom. The summed E-state index contributed by atoms with van der Waals surface area (Å²) in [6.45, 7) is 4.01. The van der Waals surface area contributed by atoms with E-state index in [1.165, 1.54) is 11.0 Å². The van der Waals surface area contributed by atoms with E-state index in [2.05, 4.69) is 0 Å². The largest absolute Gasteiger partial charge is 0.301 e. The van der Waals surface area contributed by atoms with E-state index in [-0.39, 0.29) is 22.8 Å². The van der Waals surface area contributed by atoms with Gasteiger partial charge in [-0.15, -0.1) is 0 Å². The molecule has 0 spiro atoms. The Morgan fingerprint density at radius 3 is 2.67 bits per heavy atom. The quantitative estimate of drug-likeness (QED) is 0.610. The van der Waals surface area contributed by atoms with Gasteiger partial charge in [0, 0.05) is 6.54 Å². The van der Waals surface area contributed by atoms with Crippen LogP contribution in [0, 0.1) is 5.82 Å². The maximum absolute atomic E-state index is 13.4. The van der Waals surface area contributed by atoms with Crippen molar-refractivity contribution in [2.75, 3.05) is 11.4 Å². The SMILES string of the molecule is CC(C)=CCN1C(=O)C(=O)c2cc(Cl)c(F)cc21. The fourth-order valence-electron chi connectivity index (χ4n) is 1.74. The Kier molecular flexibility index (Phi) is 3.22. The van der Waals surface area contributed by atoms with E-state index in [1.54, 1.807) is 6.08 Å². The molecule has 0 radical (unpaired) electrons. The lowest BCUT2D eigenvalue weighted by Crippen LogP contribution is -2.29. The number of benzene rings is 1. The molecule has 94 valence electrons. The molecule has 1 aromatic carbocycles. The summed E-state index contributed by atoms with van der Waals surface area (Å²) in [5.41, 5.74) is 1.45. The highest BCUT2D eigenvalue weighted by Gasteiger charge is 2.36. The summed E-state index contributed by atoms with van der Waals surface area (Å²) in [5.74, 6) is -1.93. The molecule has 0 saturated carbocycles. The minimum absolute atomic E-state index is 0.154. The Morgan fingerprint density at radius 1 is 1.39 bits per heavy atom. The predicted octanol–water partition coefficient (Wildman–Crippen LogP) is 2.97. The minimum Gasteiger partial charge on any atom is -0.301 e. The number of nitrogens with zero attached hydrogens (tertiary/aromatic N) is 1. The van der Waals surface area contributed by atoms with Crippen molar-refractivity contribution in [1.82, 2.24) is 0 Å². The Labute approximate surface area is 109 Å². The van der Waals surface area contributed by atoms with Crippen LogP contribution in [0.2, 0.25) is 5.02 Å². The molecule has 1 amide bonds. The number of hydrogen-bond donors (Lipinski definition) is 0. The number of allylic oxidation sites excluding steroid dienone is 1. The van der Waals surface area contributed by atoms with Gasteiger partial charge < -0.3 is 4.90 Å². The van der Waals surface area contributed by atoms with Gasteiger partial charge >= 0.3 is 0 Å². The maximum Gasteiger partial charge on any atom is 0.299 e. The van der Waals surface area contributed by atoms with Crippen molar-refractivity contribution in [3.8, 4) is 0 Å². The third-order valence-electron chi connectivity index (χ3n) is 2.70. The summed E-state index contributed by atoms with van der Waals surface area (Å²) in [5, 5.41) is -0.154. The van der Waals surface area contributed by atoms with Crippen LogP contribution in [0.25, 0.3) is 0 Å². The van der Waals surface area contributed by atoms with Crippen LogP contribution in [0.15, 0.2) is 23.8 Å². The number of carbonyl (C=O) groups is 2. The first-order valence-electron chi connectivity index (χ1n) is 5.40. The Balaban J connectivity index is 2.48. The monoisotopic (exact) mass is 267 g/mol. The molecule has 0 N–H and O–H groups in total. The van der Waals surface area contributed by atoms with E-state index in [4.69, 9.17) is 11.6 Å². The minimum atomic E-state index is -0.649. The molecule has 5 heteroatoms. The first-order chi connectivity index (χ1) is 8.41. The first-order valence-corrected chi connectivity index (χ1v) is 5.78. The molecule has 0 atom stereocenters. The van der Waals surface area contributed by atoms with Gasteiger partial charge in [-0.25, -0.2) is 4.39 Å². The van der Waals surface area contributed by atoms with Gasteiger partial charge in [0.25, 0.3) is 11.7 Å². The van der Waals surface area contributed by atoms with Gasteiger partial charge in [-0.3, -0.25) is 9.59 Å². The van der Waals surface area contributed by atoms with Crippen molar-refractivity contribution >= 4 is 29.0 Å². The number of amides is 1. The average Bonchev–Trinajstić information content (AvgIpc) is 2.51. The second-order valence-electron chi connectivity index (χ2n) is 4.31. The summed E-state index contributed by atoms with van der Waals surface area (Å²) < 4.78 is 13.4. The normalized spacial score (nSPS) is 13.9. The van der Waals surface area contributed by atoms with Crippen molar-refractivity contribution < 1.29 is 14.0 Å². The second-order valence-corrected chi connectivity index (χ2v) is 4.72. The number of Topliss-reactive ketones (excluding diaryl/α,β-unsaturated/α-hetero) is 1. The van der Waals surface area contributed by atoms with E-state index < -0.39 is 17.5 Å². The predicted molar refractivity (Wildman–Crippen MR) is 67.5 cm³/mol. The lowest BCUT2D eigenvalue weighted by atomic mass is 10.1. The molecule has 1 aliphatic rings. The molecule has 1 heterocycles. The number of ketones is 1. The smallest absolute Gasteiger partial charge is 0.299 e. The van der Waals surface area contributed by atoms with E-state index in [0.717, 1.165) is 11.6 Å². The molecule has 2 rings (SSSR count). The third-order valence-corrected chi connectivity index (χ3v) is 2.99. The standard InChI is InChI=1S/C13H11ClFNO2/c1-7(2)3-4-16-11-6-10(15)9(14)5-8(11)12(17)13(16)18/h3,5-6H,4H2,1-2H3. The van der Waals surface area contributed by atoms with E-state index >= 15 is 0 Å². The van der Waals surface area contributed by atoms with Crippen LogP contribution >= 0.6 is 11.6 Å². The van der Waals surface area contributed by atoms with Gasteiger partial charge in [0.05, 0.1) is 16.3 Å². The van der Waals surface area contributed by atoms with Crippen molar-refractivity contribution in [2.45, 2.75) is 13.8 Å². The molecule has 3 nitrogen and oxygen atoms in total. The highest BCUT2D eigenvalue weighted by molar-refractivity contribution is 6.52. The number of rotatable bonds is 2. The lowest BCUT2D eigenvalue weighted by molar-refractivity contribution is -0.114. The molecule has 0 unspecified atom stereocenters. The van der Waals surface area contributed by atoms with Crippen molar-refractivity contribution in [1.29, 1.82) is 0 Å². The number of halogens is 2. The zero-order valence-electron chi connectivity index (χ0n) is 9.96. The van der Waals surface area contributed by atoms with Gasteiger partial charge in [0.1, 0.15) is 5.82 Å². The van der Waals surface area contributed by atoms with Crippen LogP contribution in [-0.2, 0) is 4.79 Å². The van der Waals surface area contributed by atoms with E-state index in [9.17, 15) is 14.0 Å². The second kappa shape index (κ2) is 4.53. The molecule has 0 saturated heterocycles. The molecule has 1 aliphatic heterocycles. The zero-order valence-corrected chi connectivity index (χ0v) is 10.7. The lowest BCUT2D eigenvalue weighted by Gasteiger charge is -2.14. The van der Waals surface area contributed by atoms with Crippen LogP contribution in [-0.4, -0.2) is 18.2 Å². The molecule has 1 aromatic rings. The van der Waals surface area contributed by atoms with Crippen LogP contribution in [0.3, 0.4) is 0 Å². The van der Waals surface area contributed by atoms with Gasteiger partial charge in [0.2, 0.25) is 0 Å². The number of hydrogen-bond acceptors (Lipinski definition) is 2. The van der Waals surface area contributed by atoms with Crippen molar-refractivity contribution in [3.63, 3.8) is 0 Å². The van der Waals surface area contributed by atoms with Crippen LogP contribution in [0.4, 0.5) is 10.1 Å². The molecule has 18 heavy (non-hydrogen) atoms. The molecule has 0 aliphatic carbocycles. The molecular formula is C13H11ClFNO2. The summed E-state index contributed by atoms with van der Waals surface area (Å²) in [4.78, 5) is 24.8. The molecule has 0 bridgehead atoms. The molecular weight excluding hydrogens is 257 g/mol. The van der Waals surface area contributed by atoms with Crippen LogP contribution < -0.4 is 4.90 Å². The van der Waals surface area contributed by atoms with E-state index in [0.29, 0.717) is 0 Å². The van der Waals surface area contributed by atoms with E-state index in [1.807, 2.05) is 13.8 Å². The molecule has 0 fully saturated rings. The van der Waals surface area contributed by atoms with Crippen LogP contribution in [0.1, 0.15) is 24.2 Å². The number of fused-ring (bicyclic) bond motifs is 1. The fraction of sp³-hybridized carbons (Fsp3) is 0.231. The van der Waals surface area contributed by atoms with Crippen molar-refractivity contribution in [3.05, 3.63) is 40.2 Å². The number of anilines is 1. The number of carbonyl (C=O) groups excluding carboxylic acids is 2. The highest BCUT2D eigenvalue weighted by Crippen LogP contribution is 2.33. The summed E-state index contributed by atoms with van der Waals surface area (Å²) >= 11 is 5.61. The molecule has 0 aromatic heterocycles. The van der Waals surface area contributed by atoms with Gasteiger partial charge in [-0.1, -0.05) is 23.3 Å². The first kappa shape index (κ1) is 12.8. The maximum atomic E-state index is 13.4. The Hall–Kier alpha value is -1.68. The highest BCUT2D eigenvalue weighted by atomic mass is 35.5. The summed E-state index contributed by atoms with van der Waals surface area (Å²) in [6.07, 6.45) is 1.80. The van der Waals surface area contributed by atoms with Gasteiger partial charge in [0.15, 0.2) is 0 Å².